The standard InChI is InChI=1S/C47H36N8O4.C12H20.CH3.ClH.F6P.Ru/c1-3-5-23-54-43(56)31-29-30-32(40-39(31)50-37-27-19-13-21-48-35(27)36-28(38(37)51-40)20-14-22-49-36)44(57)55(24-6-4-2)46(59)34(30)42-41(33(29)45(54)58)52-47(53-42,25-15-9-7-10-16-25)26-17-11-8-12-18-26;1-7-8(2)10(4)12(6)11(5)9(7)3;;;1-7(2,3,4,5)6;/h7-22,50,53H,3-6,23-24H2,1-2H3;7-8H,1-6H3;1H3;1H;;/q;;-1;;-1;+3/p-1/t;7-,8+;;;;. The topological polar surface area (TPSA) is 157 Å². The number of hydrogen-bond donors (Lipinski definition) is 2. The van der Waals surface area contributed by atoms with Gasteiger partial charge >= 0.3 is 60.0 Å². The van der Waals surface area contributed by atoms with E-state index in [9.17, 15) is 25.2 Å². The molecule has 6 heterocycles. The number of fused-ring (bicyclic) bond motifs is 12. The maximum atomic E-state index is 15.1. The minimum absolute atomic E-state index is 0. The van der Waals surface area contributed by atoms with Gasteiger partial charge < -0.3 is 17.7 Å². The first-order chi connectivity index (χ1) is 37.8. The third-order valence-corrected chi connectivity index (χ3v) is 15.9. The van der Waals surface area contributed by atoms with Gasteiger partial charge in [-0.25, -0.2) is 9.98 Å². The van der Waals surface area contributed by atoms with E-state index in [1.54, 1.807) is 23.5 Å². The first kappa shape index (κ1) is 60.2. The minimum atomic E-state index is -10.7. The Morgan fingerprint density at radius 1 is 0.568 bits per heavy atom. The Balaban J connectivity index is 0.000000333. The van der Waals surface area contributed by atoms with Crippen LogP contribution >= 0.6 is 17.5 Å². The van der Waals surface area contributed by atoms with E-state index < -0.39 is 35.7 Å². The van der Waals surface area contributed by atoms with Gasteiger partial charge in [-0.3, -0.25) is 38.3 Å². The Morgan fingerprint density at radius 3 is 1.49 bits per heavy atom. The third-order valence-electron chi connectivity index (χ3n) is 15.9. The van der Waals surface area contributed by atoms with Crippen molar-refractivity contribution in [2.45, 2.75) is 99.8 Å². The van der Waals surface area contributed by atoms with Gasteiger partial charge in [0.15, 0.2) is 5.66 Å². The number of H-pyrrole nitrogens is 1. The molecule has 1 aliphatic heterocycles. The zero-order chi connectivity index (χ0) is 58.0. The summed E-state index contributed by atoms with van der Waals surface area (Å²) in [5, 5.41) is 6.50. The second-order valence-electron chi connectivity index (χ2n) is 20.5. The van der Waals surface area contributed by atoms with Gasteiger partial charge in [-0.15, -0.1) is 0 Å². The van der Waals surface area contributed by atoms with Crippen molar-refractivity contribution in [2.24, 2.45) is 16.8 Å². The molecule has 0 fully saturated rings. The zero-order valence-electron chi connectivity index (χ0n) is 45.9. The number of benzene rings is 5. The van der Waals surface area contributed by atoms with Crippen molar-refractivity contribution in [3.05, 3.63) is 185 Å². The Kier molecular flexibility index (Phi) is 16.2. The van der Waals surface area contributed by atoms with Crippen molar-refractivity contribution in [1.82, 2.24) is 29.1 Å². The van der Waals surface area contributed by atoms with Crippen molar-refractivity contribution < 1.29 is 42.5 Å². The molecule has 5 aromatic heterocycles. The quantitative estimate of drug-likeness (QED) is 0.0380. The molecule has 0 amide bonds. The molecule has 2 atom stereocenters. The summed E-state index contributed by atoms with van der Waals surface area (Å²) in [4.78, 5) is 84.2. The van der Waals surface area contributed by atoms with Crippen LogP contribution in [0.15, 0.2) is 144 Å². The van der Waals surface area contributed by atoms with Gasteiger partial charge in [-0.1, -0.05) is 112 Å². The van der Waals surface area contributed by atoms with E-state index in [1.165, 1.54) is 20.3 Å². The number of nitrogens with zero attached hydrogens (tertiary/aromatic N) is 6. The predicted octanol–water partition coefficient (Wildman–Crippen LogP) is 15.5. The molecule has 0 bridgehead atoms. The van der Waals surface area contributed by atoms with E-state index in [0.29, 0.717) is 51.5 Å². The van der Waals surface area contributed by atoms with Crippen LogP contribution in [-0.2, 0) is 36.1 Å². The van der Waals surface area contributed by atoms with Gasteiger partial charge in [0.1, 0.15) is 5.52 Å². The van der Waals surface area contributed by atoms with Crippen molar-refractivity contribution in [3.8, 4) is 0 Å². The number of aromatic nitrogens is 6. The number of anilines is 1. The van der Waals surface area contributed by atoms with Crippen LogP contribution in [0, 0.1) is 19.3 Å². The van der Waals surface area contributed by atoms with Gasteiger partial charge in [0.25, 0.3) is 22.2 Å². The Morgan fingerprint density at radius 2 is 1.00 bits per heavy atom. The summed E-state index contributed by atoms with van der Waals surface area (Å²) in [6.45, 7) is 18.0. The summed E-state index contributed by atoms with van der Waals surface area (Å²) in [5.41, 5.74) is 7.61. The molecule has 81 heavy (non-hydrogen) atoms. The second kappa shape index (κ2) is 21.8. The molecule has 0 saturated carbocycles. The van der Waals surface area contributed by atoms with Crippen LogP contribution < -0.4 is 32.9 Å². The molecule has 0 spiro atoms. The van der Waals surface area contributed by atoms with Crippen molar-refractivity contribution in [3.63, 3.8) is 0 Å². The number of nitrogens with one attached hydrogen (secondary N) is 2. The summed E-state index contributed by atoms with van der Waals surface area (Å²) in [6, 6.07) is 26.8. The maximum absolute atomic E-state index is 15.1. The van der Waals surface area contributed by atoms with E-state index in [1.807, 2.05) is 116 Å². The van der Waals surface area contributed by atoms with Crippen LogP contribution in [0.2, 0.25) is 0 Å². The summed E-state index contributed by atoms with van der Waals surface area (Å²) in [5.74, 6) is 1.46. The van der Waals surface area contributed by atoms with Crippen LogP contribution in [0.4, 0.5) is 30.9 Å². The molecule has 0 radical (unpaired) electrons. The molecule has 12 rings (SSSR count). The Labute approximate surface area is 475 Å². The summed E-state index contributed by atoms with van der Waals surface area (Å²) in [7, 11) is -6.09. The van der Waals surface area contributed by atoms with Crippen molar-refractivity contribution >= 4 is 99.4 Å². The van der Waals surface area contributed by atoms with Crippen LogP contribution in [0.3, 0.4) is 0 Å². The first-order valence-corrected chi connectivity index (χ1v) is 30.3. The fourth-order valence-corrected chi connectivity index (χ4v) is 11.3. The fourth-order valence-electron chi connectivity index (χ4n) is 11.3. The molecule has 425 valence electrons. The molecular formula is C60H59ClF6N8O4PRu. The normalized spacial score (nSPS) is 16.7. The number of halogens is 7. The average Bonchev–Trinajstić information content (AvgIpc) is 4.13. The number of aromatic amines is 1. The number of rotatable bonds is 8. The van der Waals surface area contributed by atoms with E-state index in [0.717, 1.165) is 41.2 Å². The molecule has 1 aliphatic carbocycles. The molecule has 2 N–H and O–H groups in total. The van der Waals surface area contributed by atoms with Gasteiger partial charge in [0.2, 0.25) is 0 Å². The zero-order valence-corrected chi connectivity index (χ0v) is 49.3. The van der Waals surface area contributed by atoms with Gasteiger partial charge in [-0.2, -0.15) is 0 Å². The summed E-state index contributed by atoms with van der Waals surface area (Å²) < 4.78 is 61.8. The van der Waals surface area contributed by atoms with Crippen LogP contribution in [-0.4, -0.2) is 29.1 Å². The van der Waals surface area contributed by atoms with Gasteiger partial charge in [0.05, 0.1) is 60.2 Å². The molecule has 21 heteroatoms. The van der Waals surface area contributed by atoms with Crippen molar-refractivity contribution in [2.75, 3.05) is 5.32 Å². The van der Waals surface area contributed by atoms with Gasteiger partial charge in [0, 0.05) is 58.2 Å². The summed E-state index contributed by atoms with van der Waals surface area (Å²) in [6.07, 6.45) is 6.03. The molecule has 0 saturated heterocycles. The Hall–Kier alpha value is -6.94. The van der Waals surface area contributed by atoms with Crippen LogP contribution in [0.5, 0.6) is 0 Å². The first-order valence-electron chi connectivity index (χ1n) is 26.1. The number of allylic oxidation sites excluding steroid dienone is 4. The molecule has 5 aromatic carbocycles. The fraction of sp³-hybridized carbons (Fsp3) is 0.283. The van der Waals surface area contributed by atoms with Crippen LogP contribution in [0.1, 0.15) is 92.2 Å². The second-order valence-corrected chi connectivity index (χ2v) is 22.4. The monoisotopic (exact) mass is 1240 g/mol. The van der Waals surface area contributed by atoms with E-state index >= 15 is 19.2 Å². The van der Waals surface area contributed by atoms with E-state index in [2.05, 4.69) is 61.5 Å². The number of unbranched alkanes of at least 4 members (excludes halogenated alkanes) is 2. The molecular weight excluding hydrogens is 1180 g/mol. The number of hydrogen-bond acceptors (Lipinski definition) is 9. The molecule has 10 aromatic rings. The van der Waals surface area contributed by atoms with Crippen LogP contribution in [0.25, 0.3) is 76.2 Å². The molecule has 2 aliphatic rings. The van der Waals surface area contributed by atoms with E-state index in [4.69, 9.17) is 19.9 Å². The average molecular weight is 1240 g/mol. The summed E-state index contributed by atoms with van der Waals surface area (Å²) >= 11 is 1.82. The predicted molar refractivity (Wildman–Crippen MR) is 314 cm³/mol. The van der Waals surface area contributed by atoms with Crippen molar-refractivity contribution in [1.29, 1.82) is 0 Å². The molecule has 12 nitrogen and oxygen atoms in total. The third kappa shape index (κ3) is 10.8. The molecule has 0 unspecified atom stereocenters. The SMILES string of the molecule is CC1=C(C)[C@@H](C)[C@@H](C)C(C)=C1C.CCCCn1c(=O)c2c3c(c4c(=O)n(CCCC)c(=O)c5c6[nH]c7c8cccnc8c8ncccc8c7nc6c(c1=O)c2c45)=NC(c1ccccc1)(c1ccccc1)N3.F[P-](F)(F)(F)(F)F.[CH3-].[Cl][Ru+2]. The van der Waals surface area contributed by atoms with E-state index in [-0.39, 0.29) is 63.7 Å². The Bertz CT molecular complexity index is 4450. The number of pyridine rings is 4. The van der Waals surface area contributed by atoms with Gasteiger partial charge in [-0.05, 0) is 87.8 Å².